The molecule has 3 nitrogen and oxygen atoms in total. The molecule has 0 saturated carbocycles. The number of hydrogen-bond donors (Lipinski definition) is 0. The highest BCUT2D eigenvalue weighted by atomic mass is 16.5. The Bertz CT molecular complexity index is 781. The smallest absolute Gasteiger partial charge is 0.156 e. The lowest BCUT2D eigenvalue weighted by Crippen LogP contribution is -1.87. The van der Waals surface area contributed by atoms with Crippen molar-refractivity contribution in [3.63, 3.8) is 0 Å². The Morgan fingerprint density at radius 1 is 1.05 bits per heavy atom. The summed E-state index contributed by atoms with van der Waals surface area (Å²) in [6, 6.07) is 17.3. The lowest BCUT2D eigenvalue weighted by atomic mass is 10.1. The van der Waals surface area contributed by atoms with E-state index in [4.69, 9.17) is 9.15 Å². The molecule has 2 aromatic carbocycles. The van der Waals surface area contributed by atoms with E-state index in [2.05, 4.69) is 6.07 Å². The fraction of sp³-hybridized carbons (Fsp3) is 0.0625. The zero-order valence-corrected chi connectivity index (χ0v) is 10.4. The first-order valence-corrected chi connectivity index (χ1v) is 5.90. The van der Waals surface area contributed by atoms with Crippen molar-refractivity contribution in [3.05, 3.63) is 54.1 Å². The molecule has 3 aromatic rings. The minimum absolute atomic E-state index is 0.542. The number of furan rings is 1. The van der Waals surface area contributed by atoms with Crippen LogP contribution in [-0.4, -0.2) is 7.11 Å². The molecular formula is C16H11NO2. The van der Waals surface area contributed by atoms with Crippen molar-refractivity contribution in [2.24, 2.45) is 0 Å². The maximum Gasteiger partial charge on any atom is 0.156 e. The second-order valence-electron chi connectivity index (χ2n) is 4.11. The van der Waals surface area contributed by atoms with Crippen LogP contribution < -0.4 is 4.74 Å². The van der Waals surface area contributed by atoms with Crippen LogP contribution in [-0.2, 0) is 0 Å². The maximum atomic E-state index is 9.38. The number of ether oxygens (including phenoxy) is 1. The van der Waals surface area contributed by atoms with E-state index in [-0.39, 0.29) is 0 Å². The molecule has 0 bridgehead atoms. The third kappa shape index (κ3) is 1.74. The van der Waals surface area contributed by atoms with Crippen LogP contribution in [0, 0.1) is 11.3 Å². The summed E-state index contributed by atoms with van der Waals surface area (Å²) in [5, 5.41) is 10.2. The molecule has 1 aromatic heterocycles. The second kappa shape index (κ2) is 4.51. The van der Waals surface area contributed by atoms with Crippen LogP contribution in [0.2, 0.25) is 0 Å². The molecule has 0 spiro atoms. The third-order valence-electron chi connectivity index (χ3n) is 3.06. The van der Waals surface area contributed by atoms with Crippen molar-refractivity contribution in [3.8, 4) is 23.1 Å². The largest absolute Gasteiger partial charge is 0.496 e. The van der Waals surface area contributed by atoms with Crippen LogP contribution in [0.4, 0.5) is 0 Å². The average molecular weight is 249 g/mol. The van der Waals surface area contributed by atoms with E-state index in [0.717, 1.165) is 10.9 Å². The molecule has 19 heavy (non-hydrogen) atoms. The van der Waals surface area contributed by atoms with Gasteiger partial charge in [0.15, 0.2) is 5.76 Å². The van der Waals surface area contributed by atoms with Gasteiger partial charge in [-0.05, 0) is 24.3 Å². The summed E-state index contributed by atoms with van der Waals surface area (Å²) in [5.74, 6) is 1.25. The Labute approximate surface area is 110 Å². The fourth-order valence-corrected chi connectivity index (χ4v) is 2.18. The number of fused-ring (bicyclic) bond motifs is 1. The van der Waals surface area contributed by atoms with E-state index < -0.39 is 0 Å². The van der Waals surface area contributed by atoms with Gasteiger partial charge in [0.2, 0.25) is 0 Å². The molecule has 0 saturated heterocycles. The molecule has 0 radical (unpaired) electrons. The van der Waals surface area contributed by atoms with Crippen LogP contribution in [0.3, 0.4) is 0 Å². The minimum Gasteiger partial charge on any atom is -0.496 e. The normalized spacial score (nSPS) is 10.3. The summed E-state index contributed by atoms with van der Waals surface area (Å²) in [4.78, 5) is 0. The molecular weight excluding hydrogens is 238 g/mol. The summed E-state index contributed by atoms with van der Waals surface area (Å²) in [6.45, 7) is 0. The topological polar surface area (TPSA) is 46.2 Å². The number of benzene rings is 2. The van der Waals surface area contributed by atoms with Gasteiger partial charge in [-0.3, -0.25) is 0 Å². The van der Waals surface area contributed by atoms with Gasteiger partial charge in [0.05, 0.1) is 12.7 Å². The van der Waals surface area contributed by atoms with Gasteiger partial charge in [-0.15, -0.1) is 0 Å². The Morgan fingerprint density at radius 3 is 2.58 bits per heavy atom. The predicted octanol–water partition coefficient (Wildman–Crippen LogP) is 3.98. The van der Waals surface area contributed by atoms with Gasteiger partial charge in [0.1, 0.15) is 23.0 Å². The third-order valence-corrected chi connectivity index (χ3v) is 3.06. The Kier molecular flexibility index (Phi) is 2.70. The van der Waals surface area contributed by atoms with E-state index in [0.29, 0.717) is 22.7 Å². The first-order chi connectivity index (χ1) is 9.35. The summed E-state index contributed by atoms with van der Waals surface area (Å²) in [7, 11) is 1.60. The molecule has 0 aliphatic heterocycles. The minimum atomic E-state index is 0.542. The number of methoxy groups -OCH3 is 1. The Hall–Kier alpha value is -2.73. The van der Waals surface area contributed by atoms with Crippen LogP contribution in [0.1, 0.15) is 5.56 Å². The lowest BCUT2D eigenvalue weighted by Gasteiger charge is -2.05. The van der Waals surface area contributed by atoms with Gasteiger partial charge in [-0.25, -0.2) is 0 Å². The summed E-state index contributed by atoms with van der Waals surface area (Å²) in [5.41, 5.74) is 2.04. The van der Waals surface area contributed by atoms with E-state index >= 15 is 0 Å². The maximum absolute atomic E-state index is 9.38. The second-order valence-corrected chi connectivity index (χ2v) is 4.11. The molecule has 0 unspecified atom stereocenters. The quantitative estimate of drug-likeness (QED) is 0.690. The highest BCUT2D eigenvalue weighted by Gasteiger charge is 2.17. The van der Waals surface area contributed by atoms with Crippen LogP contribution >= 0.6 is 0 Å². The van der Waals surface area contributed by atoms with Gasteiger partial charge < -0.3 is 9.15 Å². The number of para-hydroxylation sites is 2. The van der Waals surface area contributed by atoms with Crippen molar-refractivity contribution < 1.29 is 9.15 Å². The number of hydrogen-bond acceptors (Lipinski definition) is 3. The Balaban J connectivity index is 2.34. The molecule has 1 heterocycles. The molecule has 0 aliphatic carbocycles. The summed E-state index contributed by atoms with van der Waals surface area (Å²) < 4.78 is 11.1. The first-order valence-electron chi connectivity index (χ1n) is 5.90. The lowest BCUT2D eigenvalue weighted by molar-refractivity contribution is 0.415. The fourth-order valence-electron chi connectivity index (χ4n) is 2.18. The van der Waals surface area contributed by atoms with Crippen molar-refractivity contribution in [2.75, 3.05) is 7.11 Å². The average Bonchev–Trinajstić information content (AvgIpc) is 2.85. The van der Waals surface area contributed by atoms with Crippen molar-refractivity contribution in [1.82, 2.24) is 0 Å². The van der Waals surface area contributed by atoms with E-state index in [9.17, 15) is 5.26 Å². The SMILES string of the molecule is COc1ccccc1-c1oc2ccccc2c1C#N. The molecule has 0 fully saturated rings. The van der Waals surface area contributed by atoms with Crippen molar-refractivity contribution in [2.45, 2.75) is 0 Å². The first kappa shape index (κ1) is 11.4. The molecule has 3 heteroatoms. The van der Waals surface area contributed by atoms with Gasteiger partial charge in [0.25, 0.3) is 0 Å². The molecule has 3 rings (SSSR count). The number of rotatable bonds is 2. The number of nitriles is 1. The Morgan fingerprint density at radius 2 is 1.79 bits per heavy atom. The van der Waals surface area contributed by atoms with Crippen molar-refractivity contribution >= 4 is 11.0 Å². The van der Waals surface area contributed by atoms with Crippen LogP contribution in [0.25, 0.3) is 22.3 Å². The highest BCUT2D eigenvalue weighted by molar-refractivity contribution is 5.91. The molecule has 0 aliphatic rings. The molecule has 0 N–H and O–H groups in total. The van der Waals surface area contributed by atoms with Gasteiger partial charge in [-0.2, -0.15) is 5.26 Å². The zero-order valence-electron chi connectivity index (χ0n) is 10.4. The summed E-state index contributed by atoms with van der Waals surface area (Å²) >= 11 is 0. The summed E-state index contributed by atoms with van der Waals surface area (Å²) in [6.07, 6.45) is 0. The van der Waals surface area contributed by atoms with Gasteiger partial charge in [-0.1, -0.05) is 24.3 Å². The van der Waals surface area contributed by atoms with Crippen LogP contribution in [0.5, 0.6) is 5.75 Å². The monoisotopic (exact) mass is 249 g/mol. The van der Waals surface area contributed by atoms with E-state index in [1.54, 1.807) is 7.11 Å². The molecule has 0 amide bonds. The van der Waals surface area contributed by atoms with Gasteiger partial charge >= 0.3 is 0 Å². The van der Waals surface area contributed by atoms with Crippen molar-refractivity contribution in [1.29, 1.82) is 5.26 Å². The standard InChI is InChI=1S/C16H11NO2/c1-18-14-8-4-3-7-12(14)16-13(10-17)11-6-2-5-9-15(11)19-16/h2-9H,1H3. The van der Waals surface area contributed by atoms with E-state index in [1.807, 2.05) is 48.5 Å². The molecule has 0 atom stereocenters. The van der Waals surface area contributed by atoms with E-state index in [1.165, 1.54) is 0 Å². The van der Waals surface area contributed by atoms with Gasteiger partial charge in [0, 0.05) is 5.39 Å². The highest BCUT2D eigenvalue weighted by Crippen LogP contribution is 2.37. The molecule has 92 valence electrons. The van der Waals surface area contributed by atoms with Crippen LogP contribution in [0.15, 0.2) is 52.9 Å². The number of nitrogens with zero attached hydrogens (tertiary/aromatic N) is 1. The zero-order chi connectivity index (χ0) is 13.2. The predicted molar refractivity (Wildman–Crippen MR) is 72.9 cm³/mol.